The summed E-state index contributed by atoms with van der Waals surface area (Å²) in [6, 6.07) is 20.0. The van der Waals surface area contributed by atoms with Crippen LogP contribution < -0.4 is 5.32 Å². The number of hydrogen-bond acceptors (Lipinski definition) is 4. The average molecular weight is 415 g/mol. The summed E-state index contributed by atoms with van der Waals surface area (Å²) in [5, 5.41) is 13.2. The number of fused-ring (bicyclic) bond motifs is 3. The van der Waals surface area contributed by atoms with Gasteiger partial charge in [0.25, 0.3) is 0 Å². The monoisotopic (exact) mass is 414 g/mol. The molecule has 1 atom stereocenters. The van der Waals surface area contributed by atoms with Gasteiger partial charge in [-0.25, -0.2) is 4.98 Å². The molecular weight excluding hydrogens is 392 g/mol. The molecule has 2 aromatic carbocycles. The summed E-state index contributed by atoms with van der Waals surface area (Å²) in [6.07, 6.45) is 0.966. The summed E-state index contributed by atoms with van der Waals surface area (Å²) >= 11 is 1.46. The minimum atomic E-state index is -0.326. The van der Waals surface area contributed by atoms with Gasteiger partial charge in [0, 0.05) is 5.69 Å². The van der Waals surface area contributed by atoms with E-state index in [0.29, 0.717) is 11.2 Å². The summed E-state index contributed by atoms with van der Waals surface area (Å²) in [5.74, 6) is -0.0659. The average Bonchev–Trinajstić information content (AvgIpc) is 3.14. The van der Waals surface area contributed by atoms with E-state index in [1.165, 1.54) is 17.3 Å². The Morgan fingerprint density at radius 1 is 1.23 bits per heavy atom. The number of hydrogen-bond donors (Lipinski definition) is 1. The molecular formula is C24H22N4OS. The lowest BCUT2D eigenvalue weighted by Crippen LogP contribution is -2.22. The fourth-order valence-electron chi connectivity index (χ4n) is 3.44. The number of thioether (sulfide) groups is 1. The molecule has 2 heterocycles. The molecule has 4 aromatic rings. The zero-order valence-electron chi connectivity index (χ0n) is 17.1. The fourth-order valence-corrected chi connectivity index (χ4v) is 4.51. The van der Waals surface area contributed by atoms with E-state index in [0.717, 1.165) is 33.7 Å². The second kappa shape index (κ2) is 8.21. The first kappa shape index (κ1) is 20.0. The van der Waals surface area contributed by atoms with Gasteiger partial charge in [0.15, 0.2) is 5.65 Å². The first-order valence-corrected chi connectivity index (χ1v) is 10.8. The van der Waals surface area contributed by atoms with E-state index in [1.807, 2.05) is 72.8 Å². The molecule has 1 amide bonds. The maximum absolute atomic E-state index is 12.8. The number of pyridine rings is 1. The van der Waals surface area contributed by atoms with Crippen molar-refractivity contribution >= 4 is 40.0 Å². The Kier molecular flexibility index (Phi) is 5.47. The number of para-hydroxylation sites is 2. The molecule has 0 bridgehead atoms. The van der Waals surface area contributed by atoms with Crippen molar-refractivity contribution in [3.8, 4) is 6.07 Å². The lowest BCUT2D eigenvalue weighted by atomic mass is 10.1. The normalized spacial score (nSPS) is 12.1. The summed E-state index contributed by atoms with van der Waals surface area (Å²) in [6.45, 7) is 5.90. The highest BCUT2D eigenvalue weighted by Gasteiger charge is 2.20. The first-order valence-electron chi connectivity index (χ1n) is 9.89. The maximum atomic E-state index is 12.8. The molecule has 0 spiro atoms. The van der Waals surface area contributed by atoms with Gasteiger partial charge in [-0.05, 0) is 61.7 Å². The number of rotatable bonds is 5. The van der Waals surface area contributed by atoms with E-state index in [2.05, 4.69) is 23.3 Å². The third-order valence-electron chi connectivity index (χ3n) is 5.15. The van der Waals surface area contributed by atoms with E-state index in [-0.39, 0.29) is 11.2 Å². The Bertz CT molecular complexity index is 1280. The fraction of sp³-hybridized carbons (Fsp3) is 0.208. The molecule has 0 saturated carbocycles. The molecule has 0 aliphatic carbocycles. The van der Waals surface area contributed by atoms with Crippen LogP contribution in [0.5, 0.6) is 0 Å². The summed E-state index contributed by atoms with van der Waals surface area (Å²) in [7, 11) is 0. The van der Waals surface area contributed by atoms with Crippen LogP contribution in [0.2, 0.25) is 0 Å². The molecule has 0 unspecified atom stereocenters. The van der Waals surface area contributed by atoms with Crippen LogP contribution in [0.3, 0.4) is 0 Å². The zero-order valence-corrected chi connectivity index (χ0v) is 18.0. The van der Waals surface area contributed by atoms with Crippen LogP contribution in [0.15, 0.2) is 59.6 Å². The quantitative estimate of drug-likeness (QED) is 0.447. The molecule has 5 nitrogen and oxygen atoms in total. The molecule has 0 saturated heterocycles. The van der Waals surface area contributed by atoms with E-state index in [4.69, 9.17) is 0 Å². The predicted octanol–water partition coefficient (Wildman–Crippen LogP) is 5.35. The lowest BCUT2D eigenvalue weighted by molar-refractivity contribution is -0.115. The van der Waals surface area contributed by atoms with Crippen LogP contribution in [-0.4, -0.2) is 20.5 Å². The van der Waals surface area contributed by atoms with Gasteiger partial charge in [-0.2, -0.15) is 5.26 Å². The van der Waals surface area contributed by atoms with E-state index >= 15 is 0 Å². The number of amides is 1. The molecule has 0 radical (unpaired) electrons. The van der Waals surface area contributed by atoms with Gasteiger partial charge in [0.1, 0.15) is 6.07 Å². The van der Waals surface area contributed by atoms with Gasteiger partial charge in [0.2, 0.25) is 5.91 Å². The summed E-state index contributed by atoms with van der Waals surface area (Å²) in [4.78, 5) is 17.5. The second-order valence-electron chi connectivity index (χ2n) is 7.21. The van der Waals surface area contributed by atoms with Crippen molar-refractivity contribution in [1.82, 2.24) is 9.38 Å². The van der Waals surface area contributed by atoms with Crippen LogP contribution in [0.25, 0.3) is 16.7 Å². The maximum Gasteiger partial charge on any atom is 0.237 e. The number of carbonyl (C=O) groups is 1. The number of imidazole rings is 1. The van der Waals surface area contributed by atoms with Crippen molar-refractivity contribution in [1.29, 1.82) is 5.26 Å². The van der Waals surface area contributed by atoms with Crippen molar-refractivity contribution in [2.75, 3.05) is 5.32 Å². The van der Waals surface area contributed by atoms with Crippen molar-refractivity contribution in [3.05, 3.63) is 71.3 Å². The zero-order chi connectivity index (χ0) is 21.3. The summed E-state index contributed by atoms with van der Waals surface area (Å²) in [5.41, 5.74) is 5.82. The number of nitriles is 1. The third kappa shape index (κ3) is 3.64. The van der Waals surface area contributed by atoms with E-state index in [9.17, 15) is 10.1 Å². The molecule has 0 aliphatic rings. The number of aryl methyl sites for hydroxylation is 2. The largest absolute Gasteiger partial charge is 0.325 e. The Morgan fingerprint density at radius 3 is 2.67 bits per heavy atom. The number of benzene rings is 2. The highest BCUT2D eigenvalue weighted by Crippen LogP contribution is 2.31. The molecule has 0 aliphatic heterocycles. The highest BCUT2D eigenvalue weighted by atomic mass is 32.2. The minimum absolute atomic E-state index is 0.0659. The Hall–Kier alpha value is -3.30. The highest BCUT2D eigenvalue weighted by molar-refractivity contribution is 8.00. The van der Waals surface area contributed by atoms with Crippen molar-refractivity contribution in [2.45, 2.75) is 37.5 Å². The van der Waals surface area contributed by atoms with Crippen molar-refractivity contribution in [3.63, 3.8) is 0 Å². The Labute approximate surface area is 179 Å². The second-order valence-corrected chi connectivity index (χ2v) is 8.57. The molecule has 2 aromatic heterocycles. The third-order valence-corrected chi connectivity index (χ3v) is 6.26. The smallest absolute Gasteiger partial charge is 0.237 e. The van der Waals surface area contributed by atoms with Gasteiger partial charge in [-0.15, -0.1) is 0 Å². The number of aromatic nitrogens is 2. The van der Waals surface area contributed by atoms with Crippen LogP contribution >= 0.6 is 11.8 Å². The number of anilines is 1. The molecule has 1 N–H and O–H groups in total. The van der Waals surface area contributed by atoms with Gasteiger partial charge in [-0.3, -0.25) is 9.20 Å². The van der Waals surface area contributed by atoms with E-state index < -0.39 is 0 Å². The molecule has 0 fully saturated rings. The van der Waals surface area contributed by atoms with Crippen LogP contribution in [0, 0.1) is 18.3 Å². The van der Waals surface area contributed by atoms with Crippen molar-refractivity contribution < 1.29 is 4.79 Å². The van der Waals surface area contributed by atoms with E-state index in [1.54, 1.807) is 0 Å². The van der Waals surface area contributed by atoms with Crippen LogP contribution in [0.4, 0.5) is 5.69 Å². The van der Waals surface area contributed by atoms with Gasteiger partial charge in [0.05, 0.1) is 26.9 Å². The molecule has 4 rings (SSSR count). The Morgan fingerprint density at radius 2 is 1.97 bits per heavy atom. The summed E-state index contributed by atoms with van der Waals surface area (Å²) < 4.78 is 1.98. The topological polar surface area (TPSA) is 70.2 Å². The number of carbonyl (C=O) groups excluding carboxylic acids is 1. The minimum Gasteiger partial charge on any atom is -0.325 e. The van der Waals surface area contributed by atoms with Gasteiger partial charge < -0.3 is 5.32 Å². The Balaban J connectivity index is 1.67. The van der Waals surface area contributed by atoms with Gasteiger partial charge in [-0.1, -0.05) is 43.0 Å². The number of nitrogens with zero attached hydrogens (tertiary/aromatic N) is 3. The molecule has 6 heteroatoms. The lowest BCUT2D eigenvalue weighted by Gasteiger charge is -2.15. The standard InChI is InChI=1S/C24H22N4OS/c1-4-17-9-11-18(12-10-17)26-24(29)16(3)30-22-13-15(2)19(14-25)23-27-20-7-5-6-8-21(20)28(22)23/h5-13,16H,4H2,1-3H3,(H,26,29)/t16-/m1/s1. The van der Waals surface area contributed by atoms with Crippen LogP contribution in [-0.2, 0) is 11.2 Å². The molecule has 150 valence electrons. The first-order chi connectivity index (χ1) is 14.5. The number of nitrogens with one attached hydrogen (secondary N) is 1. The van der Waals surface area contributed by atoms with Crippen LogP contribution in [0.1, 0.15) is 30.5 Å². The SMILES string of the molecule is CCc1ccc(NC(=O)[C@@H](C)Sc2cc(C)c(C#N)c3nc4ccccc4n23)cc1. The van der Waals surface area contributed by atoms with Crippen molar-refractivity contribution in [2.24, 2.45) is 0 Å². The molecule has 30 heavy (non-hydrogen) atoms. The van der Waals surface area contributed by atoms with Gasteiger partial charge >= 0.3 is 0 Å². The predicted molar refractivity (Wildman–Crippen MR) is 122 cm³/mol.